The Morgan fingerprint density at radius 3 is 2.32 bits per heavy atom. The summed E-state index contributed by atoms with van der Waals surface area (Å²) in [5, 5.41) is 10.1. The summed E-state index contributed by atoms with van der Waals surface area (Å²) in [7, 11) is 0. The van der Waals surface area contributed by atoms with Gasteiger partial charge in [0.25, 0.3) is 0 Å². The number of hydrogen-bond donors (Lipinski definition) is 1. The van der Waals surface area contributed by atoms with E-state index in [1.54, 1.807) is 0 Å². The van der Waals surface area contributed by atoms with Crippen molar-refractivity contribution in [3.8, 4) is 5.75 Å². The smallest absolute Gasteiger partial charge is 0.119 e. The van der Waals surface area contributed by atoms with Crippen LogP contribution in [0.15, 0.2) is 42.5 Å². The first-order chi connectivity index (χ1) is 13.6. The van der Waals surface area contributed by atoms with Gasteiger partial charge in [-0.2, -0.15) is 0 Å². The van der Waals surface area contributed by atoms with Crippen molar-refractivity contribution >= 4 is 0 Å². The maximum Gasteiger partial charge on any atom is 0.119 e. The van der Waals surface area contributed by atoms with Crippen LogP contribution in [-0.4, -0.2) is 23.9 Å². The minimum atomic E-state index is -0.274. The summed E-state index contributed by atoms with van der Waals surface area (Å²) < 4.78 is 11.6. The molecule has 0 spiro atoms. The van der Waals surface area contributed by atoms with Crippen LogP contribution in [0.4, 0.5) is 0 Å². The fraction of sp³-hybridized carbons (Fsp3) is 0.520. The van der Waals surface area contributed by atoms with Crippen molar-refractivity contribution in [3.05, 3.63) is 64.7 Å². The lowest BCUT2D eigenvalue weighted by Gasteiger charge is -2.32. The largest absolute Gasteiger partial charge is 0.494 e. The van der Waals surface area contributed by atoms with Gasteiger partial charge in [0.15, 0.2) is 0 Å². The van der Waals surface area contributed by atoms with Crippen LogP contribution in [0.2, 0.25) is 0 Å². The standard InChI is InChI=1S/C23H30O3.C2H6/c1-4-18-8-9-19(23-15-21(24)12-16(3)26-23)14-20(18)13-17-6-10-22(11-7-17)25-5-2;1-2/h6-11,14,16,21,23-24H,4-5,12-13,15H2,1-3H3;1-2H3. The topological polar surface area (TPSA) is 38.7 Å². The van der Waals surface area contributed by atoms with E-state index in [1.807, 2.05) is 39.8 Å². The number of ether oxygens (including phenoxy) is 2. The minimum absolute atomic E-state index is 0.0151. The van der Waals surface area contributed by atoms with Gasteiger partial charge in [-0.25, -0.2) is 0 Å². The fourth-order valence-corrected chi connectivity index (χ4v) is 3.78. The summed E-state index contributed by atoms with van der Waals surface area (Å²) in [6.07, 6.45) is 3.12. The summed E-state index contributed by atoms with van der Waals surface area (Å²) >= 11 is 0. The SMILES string of the molecule is CC.CCOc1ccc(Cc2cc(C3CC(O)CC(C)O3)ccc2CC)cc1. The van der Waals surface area contributed by atoms with Crippen LogP contribution in [-0.2, 0) is 17.6 Å². The number of aliphatic hydroxyl groups is 1. The first kappa shape index (κ1) is 22.4. The van der Waals surface area contributed by atoms with Gasteiger partial charge in [-0.1, -0.05) is 51.1 Å². The molecule has 2 aromatic carbocycles. The molecule has 3 nitrogen and oxygen atoms in total. The molecule has 0 radical (unpaired) electrons. The highest BCUT2D eigenvalue weighted by atomic mass is 16.5. The van der Waals surface area contributed by atoms with Crippen molar-refractivity contribution in [2.45, 2.75) is 78.6 Å². The molecule has 28 heavy (non-hydrogen) atoms. The second-order valence-corrected chi connectivity index (χ2v) is 7.20. The van der Waals surface area contributed by atoms with E-state index in [9.17, 15) is 5.11 Å². The monoisotopic (exact) mass is 384 g/mol. The van der Waals surface area contributed by atoms with Crippen molar-refractivity contribution in [3.63, 3.8) is 0 Å². The van der Waals surface area contributed by atoms with Crippen molar-refractivity contribution in [2.24, 2.45) is 0 Å². The van der Waals surface area contributed by atoms with Gasteiger partial charge in [0.2, 0.25) is 0 Å². The van der Waals surface area contributed by atoms with Gasteiger partial charge < -0.3 is 14.6 Å². The molecular formula is C25H36O3. The van der Waals surface area contributed by atoms with E-state index in [-0.39, 0.29) is 18.3 Å². The van der Waals surface area contributed by atoms with E-state index in [1.165, 1.54) is 22.3 Å². The van der Waals surface area contributed by atoms with Crippen LogP contribution in [0, 0.1) is 0 Å². The van der Waals surface area contributed by atoms with Crippen LogP contribution >= 0.6 is 0 Å². The zero-order valence-corrected chi connectivity index (χ0v) is 18.1. The number of hydrogen-bond acceptors (Lipinski definition) is 3. The molecule has 0 amide bonds. The highest BCUT2D eigenvalue weighted by Crippen LogP contribution is 2.33. The third kappa shape index (κ3) is 6.08. The maximum atomic E-state index is 10.1. The Kier molecular flexibility index (Phi) is 9.01. The highest BCUT2D eigenvalue weighted by molar-refractivity contribution is 5.38. The van der Waals surface area contributed by atoms with Gasteiger partial charge in [0, 0.05) is 6.42 Å². The van der Waals surface area contributed by atoms with E-state index in [0.29, 0.717) is 13.0 Å². The molecule has 1 aliphatic rings. The normalized spacial score (nSPS) is 21.6. The van der Waals surface area contributed by atoms with E-state index in [0.717, 1.165) is 25.0 Å². The van der Waals surface area contributed by atoms with E-state index in [2.05, 4.69) is 37.3 Å². The second-order valence-electron chi connectivity index (χ2n) is 7.20. The molecule has 1 N–H and O–H groups in total. The Morgan fingerprint density at radius 1 is 1.00 bits per heavy atom. The number of aliphatic hydroxyl groups excluding tert-OH is 1. The lowest BCUT2D eigenvalue weighted by Crippen LogP contribution is -2.29. The van der Waals surface area contributed by atoms with E-state index < -0.39 is 0 Å². The molecule has 3 atom stereocenters. The second kappa shape index (κ2) is 11.2. The predicted molar refractivity (Wildman–Crippen MR) is 116 cm³/mol. The summed E-state index contributed by atoms with van der Waals surface area (Å²) in [4.78, 5) is 0. The van der Waals surface area contributed by atoms with Crippen molar-refractivity contribution in [1.82, 2.24) is 0 Å². The lowest BCUT2D eigenvalue weighted by atomic mass is 9.91. The minimum Gasteiger partial charge on any atom is -0.494 e. The Hall–Kier alpha value is -1.84. The third-order valence-corrected chi connectivity index (χ3v) is 5.10. The average Bonchev–Trinajstić information content (AvgIpc) is 2.70. The zero-order valence-electron chi connectivity index (χ0n) is 18.1. The van der Waals surface area contributed by atoms with Crippen LogP contribution in [0.3, 0.4) is 0 Å². The van der Waals surface area contributed by atoms with Gasteiger partial charge in [-0.3, -0.25) is 0 Å². The molecule has 0 aliphatic carbocycles. The molecule has 3 heteroatoms. The van der Waals surface area contributed by atoms with Crippen molar-refractivity contribution in [2.75, 3.05) is 6.61 Å². The van der Waals surface area contributed by atoms with Crippen LogP contribution in [0.25, 0.3) is 0 Å². The molecule has 0 bridgehead atoms. The van der Waals surface area contributed by atoms with Gasteiger partial charge in [-0.05, 0) is 67.5 Å². The molecule has 154 valence electrons. The van der Waals surface area contributed by atoms with E-state index in [4.69, 9.17) is 9.47 Å². The number of aryl methyl sites for hydroxylation is 1. The molecule has 3 rings (SSSR count). The van der Waals surface area contributed by atoms with Gasteiger partial charge >= 0.3 is 0 Å². The summed E-state index contributed by atoms with van der Waals surface area (Å²) in [6.45, 7) is 10.9. The summed E-state index contributed by atoms with van der Waals surface area (Å²) in [5.74, 6) is 0.916. The van der Waals surface area contributed by atoms with Crippen molar-refractivity contribution < 1.29 is 14.6 Å². The fourth-order valence-electron chi connectivity index (χ4n) is 3.78. The molecule has 0 saturated carbocycles. The predicted octanol–water partition coefficient (Wildman–Crippen LogP) is 5.87. The first-order valence-corrected chi connectivity index (χ1v) is 10.8. The first-order valence-electron chi connectivity index (χ1n) is 10.8. The quantitative estimate of drug-likeness (QED) is 0.677. The third-order valence-electron chi connectivity index (χ3n) is 5.10. The molecule has 1 aliphatic heterocycles. The molecule has 1 saturated heterocycles. The Labute approximate surface area is 170 Å². The lowest BCUT2D eigenvalue weighted by molar-refractivity contribution is -0.0895. The van der Waals surface area contributed by atoms with Crippen LogP contribution in [0.5, 0.6) is 5.75 Å². The molecular weight excluding hydrogens is 348 g/mol. The Morgan fingerprint density at radius 2 is 1.71 bits per heavy atom. The summed E-state index contributed by atoms with van der Waals surface area (Å²) in [5.41, 5.74) is 5.16. The van der Waals surface area contributed by atoms with Crippen molar-refractivity contribution in [1.29, 1.82) is 0 Å². The van der Waals surface area contributed by atoms with Gasteiger partial charge in [0.1, 0.15) is 5.75 Å². The van der Waals surface area contributed by atoms with Crippen LogP contribution < -0.4 is 4.74 Å². The molecule has 0 aromatic heterocycles. The Bertz CT molecular complexity index is 698. The number of rotatable bonds is 6. The Balaban J connectivity index is 0.00000136. The van der Waals surface area contributed by atoms with Crippen LogP contribution in [0.1, 0.15) is 75.8 Å². The molecule has 2 aromatic rings. The van der Waals surface area contributed by atoms with Gasteiger partial charge in [0.05, 0.1) is 24.9 Å². The molecule has 3 unspecified atom stereocenters. The zero-order chi connectivity index (χ0) is 20.5. The van der Waals surface area contributed by atoms with Gasteiger partial charge in [-0.15, -0.1) is 0 Å². The average molecular weight is 385 g/mol. The highest BCUT2D eigenvalue weighted by Gasteiger charge is 2.27. The summed E-state index contributed by atoms with van der Waals surface area (Å²) in [6, 6.07) is 15.0. The maximum absolute atomic E-state index is 10.1. The van der Waals surface area contributed by atoms with E-state index >= 15 is 0 Å². The molecule has 1 fully saturated rings. The molecule has 1 heterocycles. The number of benzene rings is 2.